The van der Waals surface area contributed by atoms with E-state index in [1.54, 1.807) is 27.8 Å². The molecule has 0 bridgehead atoms. The molecule has 0 aliphatic carbocycles. The van der Waals surface area contributed by atoms with Gasteiger partial charge >= 0.3 is 12.1 Å². The third-order valence-corrected chi connectivity index (χ3v) is 1.66. The molecular formula is C11H21NO5. The van der Waals surface area contributed by atoms with E-state index < -0.39 is 17.7 Å². The molecule has 0 N–H and O–H groups in total. The van der Waals surface area contributed by atoms with Crippen molar-refractivity contribution in [3.8, 4) is 0 Å². The van der Waals surface area contributed by atoms with E-state index >= 15 is 0 Å². The molecule has 0 fully saturated rings. The summed E-state index contributed by atoms with van der Waals surface area (Å²) in [5.41, 5.74) is -0.530. The molecule has 0 saturated heterocycles. The molecule has 6 nitrogen and oxygen atoms in total. The minimum absolute atomic E-state index is 0.0872. The fourth-order valence-corrected chi connectivity index (χ4v) is 0.887. The highest BCUT2D eigenvalue weighted by atomic mass is 16.6. The Bertz CT molecular complexity index is 259. The summed E-state index contributed by atoms with van der Waals surface area (Å²) < 4.78 is 14.5. The summed E-state index contributed by atoms with van der Waals surface area (Å²) in [5.74, 6) is -0.454. The molecule has 0 aromatic heterocycles. The number of esters is 1. The van der Waals surface area contributed by atoms with Crippen LogP contribution in [0.5, 0.6) is 0 Å². The summed E-state index contributed by atoms with van der Waals surface area (Å²) in [6.07, 6.45) is -0.444. The van der Waals surface area contributed by atoms with Crippen LogP contribution in [0.25, 0.3) is 0 Å². The molecule has 1 amide bonds. The highest BCUT2D eigenvalue weighted by Gasteiger charge is 2.19. The Morgan fingerprint density at radius 3 is 2.29 bits per heavy atom. The van der Waals surface area contributed by atoms with Crippen molar-refractivity contribution in [3.63, 3.8) is 0 Å². The van der Waals surface area contributed by atoms with Crippen LogP contribution < -0.4 is 0 Å². The Morgan fingerprint density at radius 1 is 1.24 bits per heavy atom. The first-order chi connectivity index (χ1) is 7.76. The van der Waals surface area contributed by atoms with Gasteiger partial charge in [0.2, 0.25) is 0 Å². The van der Waals surface area contributed by atoms with E-state index in [4.69, 9.17) is 9.47 Å². The summed E-state index contributed by atoms with van der Waals surface area (Å²) in [5, 5.41) is 0. The highest BCUT2D eigenvalue weighted by molar-refractivity contribution is 5.70. The van der Waals surface area contributed by atoms with Crippen molar-refractivity contribution in [1.29, 1.82) is 0 Å². The van der Waals surface area contributed by atoms with Crippen LogP contribution in [0.1, 0.15) is 20.8 Å². The van der Waals surface area contributed by atoms with Crippen molar-refractivity contribution >= 4 is 12.1 Å². The standard InChI is InChI=1S/C11H21NO5/c1-11(2,3)17-10(14)12(4)6-7-16-9(13)8-15-5/h6-8H2,1-5H3. The number of carbonyl (C=O) groups excluding carboxylic acids is 2. The monoisotopic (exact) mass is 247 g/mol. The van der Waals surface area contributed by atoms with Gasteiger partial charge in [-0.05, 0) is 20.8 Å². The zero-order chi connectivity index (χ0) is 13.5. The maximum Gasteiger partial charge on any atom is 0.410 e. The van der Waals surface area contributed by atoms with Crippen molar-refractivity contribution < 1.29 is 23.8 Å². The van der Waals surface area contributed by atoms with Crippen LogP contribution in [0, 0.1) is 0 Å². The molecule has 0 atom stereocenters. The topological polar surface area (TPSA) is 65.1 Å². The van der Waals surface area contributed by atoms with E-state index in [0.717, 1.165) is 0 Å². The first-order valence-electron chi connectivity index (χ1n) is 5.35. The highest BCUT2D eigenvalue weighted by Crippen LogP contribution is 2.08. The Morgan fingerprint density at radius 2 is 1.82 bits per heavy atom. The van der Waals surface area contributed by atoms with Gasteiger partial charge in [0, 0.05) is 14.2 Å². The third-order valence-electron chi connectivity index (χ3n) is 1.66. The molecular weight excluding hydrogens is 226 g/mol. The number of hydrogen-bond acceptors (Lipinski definition) is 5. The van der Waals surface area contributed by atoms with E-state index in [1.165, 1.54) is 12.0 Å². The smallest absolute Gasteiger partial charge is 0.410 e. The van der Waals surface area contributed by atoms with Gasteiger partial charge in [-0.3, -0.25) is 0 Å². The summed E-state index contributed by atoms with van der Waals surface area (Å²) in [6, 6.07) is 0. The van der Waals surface area contributed by atoms with Crippen LogP contribution in [-0.4, -0.2) is 56.5 Å². The van der Waals surface area contributed by atoms with Crippen molar-refractivity contribution in [3.05, 3.63) is 0 Å². The van der Waals surface area contributed by atoms with E-state index in [-0.39, 0.29) is 19.8 Å². The van der Waals surface area contributed by atoms with Crippen LogP contribution >= 0.6 is 0 Å². The van der Waals surface area contributed by atoms with Gasteiger partial charge in [-0.15, -0.1) is 0 Å². The number of methoxy groups -OCH3 is 1. The Balaban J connectivity index is 3.82. The molecule has 0 aromatic rings. The number of likely N-dealkylation sites (N-methyl/N-ethyl adjacent to an activating group) is 1. The molecule has 100 valence electrons. The van der Waals surface area contributed by atoms with E-state index in [2.05, 4.69) is 4.74 Å². The molecule has 0 saturated carbocycles. The minimum Gasteiger partial charge on any atom is -0.462 e. The van der Waals surface area contributed by atoms with Crippen molar-refractivity contribution in [2.75, 3.05) is 33.9 Å². The average molecular weight is 247 g/mol. The van der Waals surface area contributed by atoms with Gasteiger partial charge in [-0.2, -0.15) is 0 Å². The van der Waals surface area contributed by atoms with E-state index in [0.29, 0.717) is 0 Å². The van der Waals surface area contributed by atoms with Crippen LogP contribution in [-0.2, 0) is 19.0 Å². The quantitative estimate of drug-likeness (QED) is 0.679. The molecule has 0 spiro atoms. The van der Waals surface area contributed by atoms with Crippen LogP contribution in [0.15, 0.2) is 0 Å². The normalized spacial score (nSPS) is 10.9. The summed E-state index contributed by atoms with van der Waals surface area (Å²) in [7, 11) is 2.99. The van der Waals surface area contributed by atoms with Gasteiger partial charge in [-0.1, -0.05) is 0 Å². The lowest BCUT2D eigenvalue weighted by molar-refractivity contribution is -0.148. The molecule has 0 aliphatic heterocycles. The lowest BCUT2D eigenvalue weighted by Gasteiger charge is -2.24. The van der Waals surface area contributed by atoms with Crippen molar-refractivity contribution in [1.82, 2.24) is 4.90 Å². The zero-order valence-electron chi connectivity index (χ0n) is 11.1. The molecule has 0 heterocycles. The van der Waals surface area contributed by atoms with Crippen molar-refractivity contribution in [2.45, 2.75) is 26.4 Å². The van der Waals surface area contributed by atoms with Crippen LogP contribution in [0.3, 0.4) is 0 Å². The second-order valence-electron chi connectivity index (χ2n) is 4.56. The van der Waals surface area contributed by atoms with Crippen LogP contribution in [0.4, 0.5) is 4.79 Å². The maximum absolute atomic E-state index is 11.5. The Hall–Kier alpha value is -1.30. The predicted molar refractivity (Wildman–Crippen MR) is 61.7 cm³/mol. The first kappa shape index (κ1) is 15.7. The van der Waals surface area contributed by atoms with Gasteiger partial charge in [0.15, 0.2) is 0 Å². The zero-order valence-corrected chi connectivity index (χ0v) is 11.1. The first-order valence-corrected chi connectivity index (χ1v) is 5.35. The van der Waals surface area contributed by atoms with Gasteiger partial charge < -0.3 is 19.1 Å². The van der Waals surface area contributed by atoms with Gasteiger partial charge in [-0.25, -0.2) is 9.59 Å². The summed E-state index contributed by atoms with van der Waals surface area (Å²) >= 11 is 0. The fourth-order valence-electron chi connectivity index (χ4n) is 0.887. The second kappa shape index (κ2) is 7.11. The lowest BCUT2D eigenvalue weighted by atomic mass is 10.2. The van der Waals surface area contributed by atoms with E-state index in [1.807, 2.05) is 0 Å². The molecule has 6 heteroatoms. The predicted octanol–water partition coefficient (Wildman–Crippen LogP) is 1.04. The number of ether oxygens (including phenoxy) is 3. The molecule has 0 rings (SSSR count). The third kappa shape index (κ3) is 8.50. The van der Waals surface area contributed by atoms with E-state index in [9.17, 15) is 9.59 Å². The second-order valence-corrected chi connectivity index (χ2v) is 4.56. The van der Waals surface area contributed by atoms with Gasteiger partial charge in [0.25, 0.3) is 0 Å². The molecule has 0 aliphatic rings. The molecule has 0 aromatic carbocycles. The van der Waals surface area contributed by atoms with Crippen LogP contribution in [0.2, 0.25) is 0 Å². The summed E-state index contributed by atoms with van der Waals surface area (Å²) in [4.78, 5) is 23.8. The van der Waals surface area contributed by atoms with Gasteiger partial charge in [0.1, 0.15) is 18.8 Å². The number of amides is 1. The minimum atomic E-state index is -0.530. The Labute approximate surface area is 102 Å². The number of carbonyl (C=O) groups is 2. The number of rotatable bonds is 5. The molecule has 0 radical (unpaired) electrons. The van der Waals surface area contributed by atoms with Gasteiger partial charge in [0.05, 0.1) is 6.54 Å². The lowest BCUT2D eigenvalue weighted by Crippen LogP contribution is -2.36. The Kier molecular flexibility index (Phi) is 6.57. The van der Waals surface area contributed by atoms with Crippen molar-refractivity contribution in [2.24, 2.45) is 0 Å². The average Bonchev–Trinajstić information content (AvgIpc) is 2.15. The number of hydrogen-bond donors (Lipinski definition) is 0. The summed E-state index contributed by atoms with van der Waals surface area (Å²) in [6.45, 7) is 5.69. The number of nitrogens with zero attached hydrogens (tertiary/aromatic N) is 1. The largest absolute Gasteiger partial charge is 0.462 e. The SMILES string of the molecule is COCC(=O)OCCN(C)C(=O)OC(C)(C)C. The maximum atomic E-state index is 11.5. The molecule has 17 heavy (non-hydrogen) atoms. The molecule has 0 unspecified atom stereocenters. The fraction of sp³-hybridized carbons (Fsp3) is 0.818.